The fourth-order valence-corrected chi connectivity index (χ4v) is 4.81. The molecule has 0 aliphatic carbocycles. The van der Waals surface area contributed by atoms with Crippen LogP contribution < -0.4 is 4.90 Å². The quantitative estimate of drug-likeness (QED) is 0.722. The average molecular weight is 396 g/mol. The van der Waals surface area contributed by atoms with Gasteiger partial charge in [0.1, 0.15) is 5.92 Å². The maximum Gasteiger partial charge on any atom is 0.239 e. The van der Waals surface area contributed by atoms with E-state index in [4.69, 9.17) is 23.2 Å². The minimum Gasteiger partial charge on any atom is -0.336 e. The Balaban J connectivity index is 1.49. The molecule has 5 nitrogen and oxygen atoms in total. The standard InChI is InChI=1S/C19H23Cl2N3O2/c1-12-10-22-7-2-3-14(22)11-24(12)19(26)15-6-8-23(18(15)25)13-4-5-16(20)17(21)9-13/h4-5,9,12,14-15H,2-3,6-8,10-11H2,1H3. The molecule has 140 valence electrons. The van der Waals surface area contributed by atoms with Gasteiger partial charge >= 0.3 is 0 Å². The highest BCUT2D eigenvalue weighted by molar-refractivity contribution is 6.42. The van der Waals surface area contributed by atoms with Crippen LogP contribution >= 0.6 is 23.2 Å². The van der Waals surface area contributed by atoms with Crippen LogP contribution in [0.2, 0.25) is 10.0 Å². The van der Waals surface area contributed by atoms with Crippen LogP contribution in [0.3, 0.4) is 0 Å². The summed E-state index contributed by atoms with van der Waals surface area (Å²) in [6.45, 7) is 5.41. The van der Waals surface area contributed by atoms with Crippen molar-refractivity contribution in [2.75, 3.05) is 31.1 Å². The Labute approximate surface area is 163 Å². The molecule has 0 bridgehead atoms. The van der Waals surface area contributed by atoms with Crippen molar-refractivity contribution in [2.45, 2.75) is 38.3 Å². The molecule has 0 spiro atoms. The van der Waals surface area contributed by atoms with Gasteiger partial charge < -0.3 is 9.80 Å². The molecule has 7 heteroatoms. The molecule has 0 N–H and O–H groups in total. The second-order valence-electron chi connectivity index (χ2n) is 7.56. The van der Waals surface area contributed by atoms with Crippen molar-refractivity contribution in [3.8, 4) is 0 Å². The topological polar surface area (TPSA) is 43.9 Å². The average Bonchev–Trinajstić information content (AvgIpc) is 3.22. The molecular formula is C19H23Cl2N3O2. The summed E-state index contributed by atoms with van der Waals surface area (Å²) in [5.74, 6) is -0.731. The largest absolute Gasteiger partial charge is 0.336 e. The summed E-state index contributed by atoms with van der Waals surface area (Å²) in [6.07, 6.45) is 2.90. The van der Waals surface area contributed by atoms with Crippen LogP contribution in [0.15, 0.2) is 18.2 Å². The fraction of sp³-hybridized carbons (Fsp3) is 0.579. The summed E-state index contributed by atoms with van der Waals surface area (Å²) in [6, 6.07) is 5.76. The maximum absolute atomic E-state index is 13.1. The van der Waals surface area contributed by atoms with Crippen molar-refractivity contribution in [1.29, 1.82) is 0 Å². The molecular weight excluding hydrogens is 373 g/mol. The summed E-state index contributed by atoms with van der Waals surface area (Å²) in [5, 5.41) is 0.871. The molecule has 3 aliphatic rings. The van der Waals surface area contributed by atoms with Gasteiger partial charge in [-0.25, -0.2) is 0 Å². The number of benzene rings is 1. The van der Waals surface area contributed by atoms with Gasteiger partial charge in [0.2, 0.25) is 11.8 Å². The smallest absolute Gasteiger partial charge is 0.239 e. The number of nitrogens with zero attached hydrogens (tertiary/aromatic N) is 3. The lowest BCUT2D eigenvalue weighted by Gasteiger charge is -2.43. The Kier molecular flexibility index (Phi) is 4.88. The first-order valence-corrected chi connectivity index (χ1v) is 10.0. The van der Waals surface area contributed by atoms with E-state index in [1.54, 1.807) is 23.1 Å². The molecule has 3 heterocycles. The number of anilines is 1. The van der Waals surface area contributed by atoms with Crippen molar-refractivity contribution in [2.24, 2.45) is 5.92 Å². The minimum atomic E-state index is -0.583. The van der Waals surface area contributed by atoms with Crippen LogP contribution in [-0.2, 0) is 9.59 Å². The predicted molar refractivity (Wildman–Crippen MR) is 103 cm³/mol. The third-order valence-electron chi connectivity index (χ3n) is 5.94. The SMILES string of the molecule is CC1CN2CCCC2CN1C(=O)C1CCN(c2ccc(Cl)c(Cl)c2)C1=O. The number of hydrogen-bond donors (Lipinski definition) is 0. The number of halogens is 2. The summed E-state index contributed by atoms with van der Waals surface area (Å²) in [4.78, 5) is 32.1. The lowest BCUT2D eigenvalue weighted by Crippen LogP contribution is -2.58. The van der Waals surface area contributed by atoms with Crippen molar-refractivity contribution in [3.05, 3.63) is 28.2 Å². The summed E-state index contributed by atoms with van der Waals surface area (Å²) >= 11 is 12.0. The van der Waals surface area contributed by atoms with E-state index < -0.39 is 5.92 Å². The van der Waals surface area contributed by atoms with Gasteiger partial charge in [0.05, 0.1) is 10.0 Å². The zero-order valence-electron chi connectivity index (χ0n) is 14.8. The van der Waals surface area contributed by atoms with E-state index in [0.29, 0.717) is 34.7 Å². The summed E-state index contributed by atoms with van der Waals surface area (Å²) < 4.78 is 0. The van der Waals surface area contributed by atoms with Crippen molar-refractivity contribution >= 4 is 40.7 Å². The number of carbonyl (C=O) groups is 2. The molecule has 1 aromatic carbocycles. The molecule has 3 unspecified atom stereocenters. The van der Waals surface area contributed by atoms with Crippen LogP contribution in [-0.4, -0.2) is 59.9 Å². The Morgan fingerprint density at radius 2 is 1.92 bits per heavy atom. The van der Waals surface area contributed by atoms with E-state index >= 15 is 0 Å². The lowest BCUT2D eigenvalue weighted by molar-refractivity contribution is -0.144. The first kappa shape index (κ1) is 18.1. The van der Waals surface area contributed by atoms with E-state index in [1.807, 2.05) is 4.90 Å². The van der Waals surface area contributed by atoms with Crippen LogP contribution in [0, 0.1) is 5.92 Å². The van der Waals surface area contributed by atoms with Gasteiger partial charge in [0.25, 0.3) is 0 Å². The lowest BCUT2D eigenvalue weighted by atomic mass is 10.0. The van der Waals surface area contributed by atoms with Crippen molar-refractivity contribution < 1.29 is 9.59 Å². The predicted octanol–water partition coefficient (Wildman–Crippen LogP) is 3.04. The molecule has 2 amide bonds. The summed E-state index contributed by atoms with van der Waals surface area (Å²) in [7, 11) is 0. The molecule has 3 fully saturated rings. The van der Waals surface area contributed by atoms with Crippen molar-refractivity contribution in [1.82, 2.24) is 9.80 Å². The monoisotopic (exact) mass is 395 g/mol. The second-order valence-corrected chi connectivity index (χ2v) is 8.37. The molecule has 26 heavy (non-hydrogen) atoms. The zero-order valence-corrected chi connectivity index (χ0v) is 16.3. The molecule has 0 aromatic heterocycles. The molecule has 0 radical (unpaired) electrons. The highest BCUT2D eigenvalue weighted by atomic mass is 35.5. The van der Waals surface area contributed by atoms with Gasteiger partial charge in [-0.2, -0.15) is 0 Å². The molecule has 0 saturated carbocycles. The first-order valence-electron chi connectivity index (χ1n) is 9.26. The van der Waals surface area contributed by atoms with Gasteiger partial charge in [-0.1, -0.05) is 23.2 Å². The van der Waals surface area contributed by atoms with Crippen LogP contribution in [0.4, 0.5) is 5.69 Å². The van der Waals surface area contributed by atoms with E-state index in [2.05, 4.69) is 11.8 Å². The zero-order chi connectivity index (χ0) is 18.4. The number of amides is 2. The molecule has 3 aliphatic heterocycles. The van der Waals surface area contributed by atoms with Crippen molar-refractivity contribution in [3.63, 3.8) is 0 Å². The van der Waals surface area contributed by atoms with Gasteiger partial charge in [-0.15, -0.1) is 0 Å². The highest BCUT2D eigenvalue weighted by Crippen LogP contribution is 2.33. The molecule has 3 atom stereocenters. The fourth-order valence-electron chi connectivity index (χ4n) is 4.51. The Morgan fingerprint density at radius 1 is 1.12 bits per heavy atom. The molecule has 4 rings (SSSR count). The first-order chi connectivity index (χ1) is 12.5. The highest BCUT2D eigenvalue weighted by Gasteiger charge is 2.44. The second kappa shape index (κ2) is 7.02. The van der Waals surface area contributed by atoms with Gasteiger partial charge in [0, 0.05) is 37.4 Å². The van der Waals surface area contributed by atoms with Gasteiger partial charge in [-0.05, 0) is 50.9 Å². The van der Waals surface area contributed by atoms with Crippen LogP contribution in [0.25, 0.3) is 0 Å². The Morgan fingerprint density at radius 3 is 2.69 bits per heavy atom. The minimum absolute atomic E-state index is 0.0170. The maximum atomic E-state index is 13.1. The number of hydrogen-bond acceptors (Lipinski definition) is 3. The van der Waals surface area contributed by atoms with Gasteiger partial charge in [-0.3, -0.25) is 14.5 Å². The number of fused-ring (bicyclic) bond motifs is 1. The Bertz CT molecular complexity index is 741. The van der Waals surface area contributed by atoms with Crippen LogP contribution in [0.5, 0.6) is 0 Å². The van der Waals surface area contributed by atoms with E-state index in [9.17, 15) is 9.59 Å². The van der Waals surface area contributed by atoms with Gasteiger partial charge in [0.15, 0.2) is 0 Å². The molecule has 3 saturated heterocycles. The van der Waals surface area contributed by atoms with Crippen LogP contribution in [0.1, 0.15) is 26.2 Å². The number of rotatable bonds is 2. The molecule has 1 aromatic rings. The number of carbonyl (C=O) groups excluding carboxylic acids is 2. The Hall–Kier alpha value is -1.30. The third-order valence-corrected chi connectivity index (χ3v) is 6.68. The van der Waals surface area contributed by atoms with E-state index in [-0.39, 0.29) is 17.9 Å². The van der Waals surface area contributed by atoms with E-state index in [1.165, 1.54) is 6.42 Å². The summed E-state index contributed by atoms with van der Waals surface area (Å²) in [5.41, 5.74) is 0.702. The third kappa shape index (κ3) is 3.10. The van der Waals surface area contributed by atoms with E-state index in [0.717, 1.165) is 26.1 Å². The number of piperazine rings is 1. The normalized spacial score (nSPS) is 29.3.